The lowest BCUT2D eigenvalue weighted by molar-refractivity contribution is -0.384. The molecule has 0 atom stereocenters. The van der Waals surface area contributed by atoms with Crippen molar-refractivity contribution in [1.82, 2.24) is 4.98 Å². The van der Waals surface area contributed by atoms with Crippen molar-refractivity contribution in [2.75, 3.05) is 6.26 Å². The molecule has 0 amide bonds. The Balaban J connectivity index is 2.25. The van der Waals surface area contributed by atoms with Gasteiger partial charge in [0.1, 0.15) is 0 Å². The van der Waals surface area contributed by atoms with Gasteiger partial charge in [-0.2, -0.15) is 0 Å². The summed E-state index contributed by atoms with van der Waals surface area (Å²) in [5, 5.41) is 11.8. The van der Waals surface area contributed by atoms with Crippen LogP contribution >= 0.6 is 0 Å². The van der Waals surface area contributed by atoms with Crippen molar-refractivity contribution >= 4 is 26.4 Å². The van der Waals surface area contributed by atoms with Crippen LogP contribution in [0.15, 0.2) is 54.7 Å². The first-order chi connectivity index (χ1) is 11.3. The summed E-state index contributed by atoms with van der Waals surface area (Å²) in [7, 11) is -3.20. The number of rotatable bonds is 4. The van der Waals surface area contributed by atoms with Crippen LogP contribution in [0.4, 0.5) is 5.69 Å². The molecule has 0 radical (unpaired) electrons. The topological polar surface area (TPSA) is 90.2 Å². The van der Waals surface area contributed by atoms with Crippen molar-refractivity contribution in [3.05, 3.63) is 70.4 Å². The SMILES string of the molecule is CS(=O)(=O)Cc1cc(-c2cccc([N+](=O)[O-])c2)c2ncccc2c1. The summed E-state index contributed by atoms with van der Waals surface area (Å²) in [4.78, 5) is 14.9. The molecule has 0 saturated heterocycles. The molecule has 2 aromatic carbocycles. The largest absolute Gasteiger partial charge is 0.270 e. The number of non-ortho nitro benzene ring substituents is 1. The lowest BCUT2D eigenvalue weighted by Crippen LogP contribution is -2.01. The highest BCUT2D eigenvalue weighted by molar-refractivity contribution is 7.89. The predicted molar refractivity (Wildman–Crippen MR) is 92.4 cm³/mol. The molecule has 0 aliphatic rings. The van der Waals surface area contributed by atoms with Crippen LogP contribution in [0.3, 0.4) is 0 Å². The second kappa shape index (κ2) is 6.01. The molecule has 24 heavy (non-hydrogen) atoms. The number of pyridine rings is 1. The van der Waals surface area contributed by atoms with Crippen LogP contribution in [0.5, 0.6) is 0 Å². The molecule has 0 N–H and O–H groups in total. The zero-order valence-electron chi connectivity index (χ0n) is 12.8. The summed E-state index contributed by atoms with van der Waals surface area (Å²) < 4.78 is 23.2. The Bertz CT molecular complexity index is 1050. The molecule has 0 saturated carbocycles. The molecule has 0 fully saturated rings. The van der Waals surface area contributed by atoms with Gasteiger partial charge in [-0.25, -0.2) is 8.42 Å². The first kappa shape index (κ1) is 16.1. The number of sulfone groups is 1. The fourth-order valence-electron chi connectivity index (χ4n) is 2.65. The maximum atomic E-state index is 11.6. The summed E-state index contributed by atoms with van der Waals surface area (Å²) in [6.45, 7) is 0. The van der Waals surface area contributed by atoms with Crippen molar-refractivity contribution in [1.29, 1.82) is 0 Å². The van der Waals surface area contributed by atoms with E-state index in [-0.39, 0.29) is 11.4 Å². The number of nitrogens with zero attached hydrogens (tertiary/aromatic N) is 2. The molecular formula is C17H14N2O4S. The third-order valence-corrected chi connectivity index (χ3v) is 4.42. The van der Waals surface area contributed by atoms with Crippen LogP contribution in [0.2, 0.25) is 0 Å². The fourth-order valence-corrected chi connectivity index (χ4v) is 3.42. The number of nitro groups is 1. The normalized spacial score (nSPS) is 11.5. The minimum absolute atomic E-state index is 0.0231. The molecule has 0 aliphatic carbocycles. The quantitative estimate of drug-likeness (QED) is 0.536. The minimum atomic E-state index is -3.20. The highest BCUT2D eigenvalue weighted by Crippen LogP contribution is 2.31. The maximum absolute atomic E-state index is 11.6. The average molecular weight is 342 g/mol. The summed E-state index contributed by atoms with van der Waals surface area (Å²) in [6, 6.07) is 13.4. The van der Waals surface area contributed by atoms with E-state index in [9.17, 15) is 18.5 Å². The Labute approximate surface area is 138 Å². The van der Waals surface area contributed by atoms with E-state index >= 15 is 0 Å². The molecule has 3 rings (SSSR count). The Morgan fingerprint density at radius 1 is 1.12 bits per heavy atom. The lowest BCUT2D eigenvalue weighted by atomic mass is 9.99. The van der Waals surface area contributed by atoms with Crippen LogP contribution in [0, 0.1) is 10.1 Å². The maximum Gasteiger partial charge on any atom is 0.270 e. The van der Waals surface area contributed by atoms with Crippen molar-refractivity contribution in [2.45, 2.75) is 5.75 Å². The van der Waals surface area contributed by atoms with E-state index < -0.39 is 14.8 Å². The molecule has 6 nitrogen and oxygen atoms in total. The zero-order valence-corrected chi connectivity index (χ0v) is 13.7. The number of fused-ring (bicyclic) bond motifs is 1. The van der Waals surface area contributed by atoms with Gasteiger partial charge in [0.2, 0.25) is 0 Å². The monoisotopic (exact) mass is 342 g/mol. The Kier molecular flexibility index (Phi) is 4.02. The number of nitro benzene ring substituents is 1. The number of hydrogen-bond acceptors (Lipinski definition) is 5. The van der Waals surface area contributed by atoms with Crippen LogP contribution < -0.4 is 0 Å². The molecule has 0 unspecified atom stereocenters. The van der Waals surface area contributed by atoms with Crippen LogP contribution in [-0.2, 0) is 15.6 Å². The van der Waals surface area contributed by atoms with Gasteiger partial charge in [-0.3, -0.25) is 15.1 Å². The summed E-state index contributed by atoms with van der Waals surface area (Å²) in [5.41, 5.74) is 2.58. The standard InChI is InChI=1S/C17H14N2O4S/c1-24(22,23)11-12-8-14-5-3-7-18-17(14)16(9-12)13-4-2-6-15(10-13)19(20)21/h2-10H,11H2,1H3. The molecule has 0 aliphatic heterocycles. The van der Waals surface area contributed by atoms with Gasteiger partial charge in [-0.1, -0.05) is 18.2 Å². The van der Waals surface area contributed by atoms with E-state index in [0.29, 0.717) is 22.2 Å². The molecule has 7 heteroatoms. The fraction of sp³-hybridized carbons (Fsp3) is 0.118. The summed E-state index contributed by atoms with van der Waals surface area (Å²) in [5.74, 6) is -0.0975. The van der Waals surface area contributed by atoms with E-state index in [4.69, 9.17) is 0 Å². The molecule has 0 bridgehead atoms. The van der Waals surface area contributed by atoms with Crippen molar-refractivity contribution in [3.8, 4) is 11.1 Å². The number of benzene rings is 2. The van der Waals surface area contributed by atoms with Gasteiger partial charge in [-0.05, 0) is 29.3 Å². The Morgan fingerprint density at radius 3 is 2.62 bits per heavy atom. The molecule has 122 valence electrons. The lowest BCUT2D eigenvalue weighted by Gasteiger charge is -2.09. The average Bonchev–Trinajstić information content (AvgIpc) is 2.52. The molecule has 1 heterocycles. The van der Waals surface area contributed by atoms with Crippen molar-refractivity contribution < 1.29 is 13.3 Å². The van der Waals surface area contributed by atoms with Gasteiger partial charge in [0.15, 0.2) is 9.84 Å². The second-order valence-corrected chi connectivity index (χ2v) is 7.74. The summed E-state index contributed by atoms with van der Waals surface area (Å²) in [6.07, 6.45) is 2.81. The van der Waals surface area contributed by atoms with Gasteiger partial charge in [-0.15, -0.1) is 0 Å². The second-order valence-electron chi connectivity index (χ2n) is 5.60. The first-order valence-electron chi connectivity index (χ1n) is 7.14. The predicted octanol–water partition coefficient (Wildman–Crippen LogP) is 3.35. The van der Waals surface area contributed by atoms with E-state index in [1.54, 1.807) is 36.5 Å². The third-order valence-electron chi connectivity index (χ3n) is 3.56. The Hall–Kier alpha value is -2.80. The number of aromatic nitrogens is 1. The Morgan fingerprint density at radius 2 is 1.92 bits per heavy atom. The molecule has 1 aromatic heterocycles. The molecular weight excluding hydrogens is 328 g/mol. The van der Waals surface area contributed by atoms with E-state index in [1.807, 2.05) is 6.07 Å². The first-order valence-corrected chi connectivity index (χ1v) is 9.20. The molecule has 0 spiro atoms. The van der Waals surface area contributed by atoms with E-state index in [2.05, 4.69) is 4.98 Å². The third kappa shape index (κ3) is 3.41. The smallest absolute Gasteiger partial charge is 0.258 e. The van der Waals surface area contributed by atoms with Gasteiger partial charge < -0.3 is 0 Å². The van der Waals surface area contributed by atoms with Crippen LogP contribution in [-0.4, -0.2) is 24.6 Å². The van der Waals surface area contributed by atoms with Crippen molar-refractivity contribution in [2.24, 2.45) is 0 Å². The van der Waals surface area contributed by atoms with Gasteiger partial charge in [0.05, 0.1) is 16.2 Å². The zero-order chi connectivity index (χ0) is 17.3. The molecule has 3 aromatic rings. The van der Waals surface area contributed by atoms with E-state index in [1.165, 1.54) is 18.4 Å². The van der Waals surface area contributed by atoms with Gasteiger partial charge >= 0.3 is 0 Å². The van der Waals surface area contributed by atoms with Gasteiger partial charge in [0, 0.05) is 35.5 Å². The highest BCUT2D eigenvalue weighted by atomic mass is 32.2. The summed E-state index contributed by atoms with van der Waals surface area (Å²) >= 11 is 0. The van der Waals surface area contributed by atoms with Gasteiger partial charge in [0.25, 0.3) is 5.69 Å². The van der Waals surface area contributed by atoms with E-state index in [0.717, 1.165) is 5.39 Å². The minimum Gasteiger partial charge on any atom is -0.258 e. The van der Waals surface area contributed by atoms with Crippen LogP contribution in [0.1, 0.15) is 5.56 Å². The highest BCUT2D eigenvalue weighted by Gasteiger charge is 2.13. The van der Waals surface area contributed by atoms with Crippen LogP contribution in [0.25, 0.3) is 22.0 Å². The van der Waals surface area contributed by atoms with Crippen molar-refractivity contribution in [3.63, 3.8) is 0 Å². The number of hydrogen-bond donors (Lipinski definition) is 0.